The number of rotatable bonds is 2. The largest absolute Gasteiger partial charge is 0.316 e. The average molecular weight is 306 g/mol. The predicted octanol–water partition coefficient (Wildman–Crippen LogP) is 4.09. The van der Waals surface area contributed by atoms with Gasteiger partial charge >= 0.3 is 0 Å². The van der Waals surface area contributed by atoms with Gasteiger partial charge in [0.1, 0.15) is 5.82 Å². The summed E-state index contributed by atoms with van der Waals surface area (Å²) >= 11 is 0. The minimum Gasteiger partial charge on any atom is -0.316 e. The van der Waals surface area contributed by atoms with Gasteiger partial charge in [0.2, 0.25) is 0 Å². The van der Waals surface area contributed by atoms with Crippen LogP contribution in [-0.2, 0) is 12.8 Å². The van der Waals surface area contributed by atoms with E-state index in [1.54, 1.807) is 6.07 Å². The molecule has 0 spiro atoms. The van der Waals surface area contributed by atoms with Crippen LogP contribution in [-0.4, -0.2) is 13.1 Å². The molecule has 3 heteroatoms. The SMILES string of the molecule is C[C@@H]1CNCCc2cc(F)c(Cc3ccccc3)cc21.Cl. The highest BCUT2D eigenvalue weighted by atomic mass is 35.5. The minimum absolute atomic E-state index is 0. The summed E-state index contributed by atoms with van der Waals surface area (Å²) in [6.07, 6.45) is 1.59. The lowest BCUT2D eigenvalue weighted by molar-refractivity contribution is 0.609. The maximum atomic E-state index is 14.3. The second-order valence-electron chi connectivity index (χ2n) is 5.66. The van der Waals surface area contributed by atoms with Crippen molar-refractivity contribution in [3.8, 4) is 0 Å². The van der Waals surface area contributed by atoms with Gasteiger partial charge in [-0.15, -0.1) is 12.4 Å². The van der Waals surface area contributed by atoms with Crippen LogP contribution in [0, 0.1) is 5.82 Å². The van der Waals surface area contributed by atoms with Crippen LogP contribution in [0.1, 0.15) is 35.1 Å². The van der Waals surface area contributed by atoms with Crippen LogP contribution >= 0.6 is 12.4 Å². The fraction of sp³-hybridized carbons (Fsp3) is 0.333. The van der Waals surface area contributed by atoms with Crippen molar-refractivity contribution in [2.75, 3.05) is 13.1 Å². The fourth-order valence-corrected chi connectivity index (χ4v) is 2.96. The van der Waals surface area contributed by atoms with Gasteiger partial charge in [-0.2, -0.15) is 0 Å². The fourth-order valence-electron chi connectivity index (χ4n) is 2.96. The lowest BCUT2D eigenvalue weighted by atomic mass is 9.91. The molecule has 3 rings (SSSR count). The summed E-state index contributed by atoms with van der Waals surface area (Å²) in [7, 11) is 0. The smallest absolute Gasteiger partial charge is 0.127 e. The van der Waals surface area contributed by atoms with E-state index in [0.717, 1.165) is 36.2 Å². The maximum Gasteiger partial charge on any atom is 0.127 e. The lowest BCUT2D eigenvalue weighted by Gasteiger charge is -2.15. The molecule has 0 aliphatic carbocycles. The van der Waals surface area contributed by atoms with Gasteiger partial charge in [0.25, 0.3) is 0 Å². The molecule has 1 aliphatic rings. The lowest BCUT2D eigenvalue weighted by Crippen LogP contribution is -2.18. The summed E-state index contributed by atoms with van der Waals surface area (Å²) in [4.78, 5) is 0. The molecule has 0 unspecified atom stereocenters. The molecule has 0 aromatic heterocycles. The minimum atomic E-state index is -0.0679. The molecule has 0 amide bonds. The number of hydrogen-bond donors (Lipinski definition) is 1. The Hall–Kier alpha value is -1.38. The topological polar surface area (TPSA) is 12.0 Å². The number of benzene rings is 2. The van der Waals surface area contributed by atoms with Gasteiger partial charge in [-0.1, -0.05) is 43.3 Å². The third-order valence-electron chi connectivity index (χ3n) is 4.10. The Balaban J connectivity index is 0.00000161. The molecule has 0 bridgehead atoms. The molecule has 2 aromatic carbocycles. The Kier molecular flexibility index (Phi) is 5.38. The van der Waals surface area contributed by atoms with Crippen LogP contribution in [0.4, 0.5) is 4.39 Å². The zero-order chi connectivity index (χ0) is 13.9. The zero-order valence-corrected chi connectivity index (χ0v) is 13.0. The highest BCUT2D eigenvalue weighted by Crippen LogP contribution is 2.26. The van der Waals surface area contributed by atoms with E-state index in [4.69, 9.17) is 0 Å². The number of fused-ring (bicyclic) bond motifs is 1. The van der Waals surface area contributed by atoms with Gasteiger partial charge in [-0.25, -0.2) is 4.39 Å². The first kappa shape index (κ1) is 16.0. The standard InChI is InChI=1S/C18H20FN.ClH/c1-13-12-20-8-7-15-11-18(19)16(10-17(13)15)9-14-5-3-2-4-6-14;/h2-6,10-11,13,20H,7-9,12H2,1H3;1H/t13-;/m1./s1. The van der Waals surface area contributed by atoms with Crippen molar-refractivity contribution < 1.29 is 4.39 Å². The molecule has 0 saturated heterocycles. The molecule has 1 atom stereocenters. The van der Waals surface area contributed by atoms with Crippen LogP contribution in [0.25, 0.3) is 0 Å². The highest BCUT2D eigenvalue weighted by molar-refractivity contribution is 5.85. The average Bonchev–Trinajstić information content (AvgIpc) is 2.63. The third-order valence-corrected chi connectivity index (χ3v) is 4.10. The number of hydrogen-bond acceptors (Lipinski definition) is 1. The van der Waals surface area contributed by atoms with Crippen LogP contribution < -0.4 is 5.32 Å². The van der Waals surface area contributed by atoms with Crippen molar-refractivity contribution in [3.05, 3.63) is 70.5 Å². The highest BCUT2D eigenvalue weighted by Gasteiger charge is 2.17. The summed E-state index contributed by atoms with van der Waals surface area (Å²) in [6.45, 7) is 4.12. The Bertz CT molecular complexity index is 598. The van der Waals surface area contributed by atoms with Crippen molar-refractivity contribution in [1.82, 2.24) is 5.32 Å². The quantitative estimate of drug-likeness (QED) is 0.881. The Morgan fingerprint density at radius 3 is 2.71 bits per heavy atom. The molecule has 1 heterocycles. The maximum absolute atomic E-state index is 14.3. The molecule has 0 fully saturated rings. The predicted molar refractivity (Wildman–Crippen MR) is 87.9 cm³/mol. The monoisotopic (exact) mass is 305 g/mol. The molecule has 0 saturated carbocycles. The van der Waals surface area contributed by atoms with Crippen molar-refractivity contribution in [2.24, 2.45) is 0 Å². The van der Waals surface area contributed by atoms with Crippen LogP contribution in [0.5, 0.6) is 0 Å². The van der Waals surface area contributed by atoms with Crippen molar-refractivity contribution in [3.63, 3.8) is 0 Å². The molecule has 0 radical (unpaired) electrons. The summed E-state index contributed by atoms with van der Waals surface area (Å²) in [5.74, 6) is 0.379. The molecule has 21 heavy (non-hydrogen) atoms. The Morgan fingerprint density at radius 1 is 1.19 bits per heavy atom. The number of nitrogens with one attached hydrogen (secondary N) is 1. The summed E-state index contributed by atoms with van der Waals surface area (Å²) in [5, 5.41) is 3.41. The van der Waals surface area contributed by atoms with Crippen LogP contribution in [0.2, 0.25) is 0 Å². The van der Waals surface area contributed by atoms with Crippen molar-refractivity contribution in [1.29, 1.82) is 0 Å². The summed E-state index contributed by atoms with van der Waals surface area (Å²) in [5.41, 5.74) is 4.44. The zero-order valence-electron chi connectivity index (χ0n) is 12.2. The first-order valence-corrected chi connectivity index (χ1v) is 7.30. The van der Waals surface area contributed by atoms with Crippen LogP contribution in [0.15, 0.2) is 42.5 Å². The van der Waals surface area contributed by atoms with Crippen LogP contribution in [0.3, 0.4) is 0 Å². The summed E-state index contributed by atoms with van der Waals surface area (Å²) in [6, 6.07) is 13.9. The number of halogens is 2. The van der Waals surface area contributed by atoms with E-state index < -0.39 is 0 Å². The van der Waals surface area contributed by atoms with Crippen molar-refractivity contribution >= 4 is 12.4 Å². The van der Waals surface area contributed by atoms with E-state index in [1.807, 2.05) is 18.2 Å². The molecule has 112 valence electrons. The molecular formula is C18H21ClFN. The van der Waals surface area contributed by atoms with Gasteiger partial charge < -0.3 is 5.32 Å². The van der Waals surface area contributed by atoms with E-state index in [2.05, 4.69) is 30.4 Å². The Labute approximate surface area is 132 Å². The van der Waals surface area contributed by atoms with Gasteiger partial charge in [0, 0.05) is 13.0 Å². The second kappa shape index (κ2) is 7.06. The third kappa shape index (κ3) is 3.63. The van der Waals surface area contributed by atoms with Gasteiger partial charge in [0.05, 0.1) is 0 Å². The summed E-state index contributed by atoms with van der Waals surface area (Å²) < 4.78 is 14.3. The normalized spacial score (nSPS) is 17.5. The second-order valence-corrected chi connectivity index (χ2v) is 5.66. The first-order chi connectivity index (χ1) is 9.74. The molecular weight excluding hydrogens is 285 g/mol. The molecule has 1 aliphatic heterocycles. The van der Waals surface area contributed by atoms with Gasteiger partial charge in [0.15, 0.2) is 0 Å². The van der Waals surface area contributed by atoms with E-state index in [0.29, 0.717) is 12.3 Å². The molecule has 2 aromatic rings. The van der Waals surface area contributed by atoms with Crippen molar-refractivity contribution in [2.45, 2.75) is 25.7 Å². The first-order valence-electron chi connectivity index (χ1n) is 7.30. The molecule has 1 nitrogen and oxygen atoms in total. The van der Waals surface area contributed by atoms with E-state index in [-0.39, 0.29) is 18.2 Å². The molecule has 1 N–H and O–H groups in total. The van der Waals surface area contributed by atoms with E-state index in [9.17, 15) is 4.39 Å². The van der Waals surface area contributed by atoms with Gasteiger partial charge in [-0.3, -0.25) is 0 Å². The van der Waals surface area contributed by atoms with E-state index >= 15 is 0 Å². The van der Waals surface area contributed by atoms with E-state index in [1.165, 1.54) is 5.56 Å². The Morgan fingerprint density at radius 2 is 1.95 bits per heavy atom. The van der Waals surface area contributed by atoms with Gasteiger partial charge in [-0.05, 0) is 47.2 Å².